The molecule has 2 aliphatic rings. The minimum atomic E-state index is -0.201. The fourth-order valence-electron chi connectivity index (χ4n) is 4.67. The van der Waals surface area contributed by atoms with Crippen LogP contribution in [0.5, 0.6) is 0 Å². The minimum Gasteiger partial charge on any atom is -0.369 e. The van der Waals surface area contributed by atoms with Gasteiger partial charge < -0.3 is 15.1 Å². The molecule has 166 valence electrons. The van der Waals surface area contributed by atoms with Crippen LogP contribution in [-0.2, 0) is 0 Å². The van der Waals surface area contributed by atoms with Crippen LogP contribution in [0.2, 0.25) is 0 Å². The van der Waals surface area contributed by atoms with Gasteiger partial charge in [-0.15, -0.1) is 0 Å². The lowest BCUT2D eigenvalue weighted by Gasteiger charge is -2.39. The van der Waals surface area contributed by atoms with Crippen LogP contribution in [0.1, 0.15) is 43.6 Å². The Kier molecular flexibility index (Phi) is 7.14. The summed E-state index contributed by atoms with van der Waals surface area (Å²) in [5, 5.41) is 2.85. The maximum atomic E-state index is 12.4. The van der Waals surface area contributed by atoms with Gasteiger partial charge in [-0.25, -0.2) is 4.98 Å². The van der Waals surface area contributed by atoms with Crippen LogP contribution in [0.3, 0.4) is 0 Å². The van der Waals surface area contributed by atoms with E-state index in [2.05, 4.69) is 43.8 Å². The molecule has 2 aromatic rings. The number of hydrogen-bond acceptors (Lipinski definition) is 6. The number of carbonyl (C=O) groups is 1. The Morgan fingerprint density at radius 1 is 1.00 bits per heavy atom. The van der Waals surface area contributed by atoms with Crippen molar-refractivity contribution in [1.82, 2.24) is 19.8 Å². The molecule has 4 rings (SSSR count). The molecule has 4 heterocycles. The van der Waals surface area contributed by atoms with Gasteiger partial charge in [0.1, 0.15) is 5.69 Å². The summed E-state index contributed by atoms with van der Waals surface area (Å²) >= 11 is 0. The molecule has 0 aliphatic carbocycles. The van der Waals surface area contributed by atoms with E-state index < -0.39 is 0 Å². The number of anilines is 2. The molecular weight excluding hydrogens is 388 g/mol. The third-order valence-corrected chi connectivity index (χ3v) is 6.56. The van der Waals surface area contributed by atoms with E-state index in [1.54, 1.807) is 24.5 Å². The second-order valence-electron chi connectivity index (χ2n) is 8.83. The maximum absolute atomic E-state index is 12.4. The second kappa shape index (κ2) is 10.2. The highest BCUT2D eigenvalue weighted by Crippen LogP contribution is 2.22. The summed E-state index contributed by atoms with van der Waals surface area (Å²) in [6, 6.07) is 8.74. The van der Waals surface area contributed by atoms with Crippen LogP contribution in [0, 0.1) is 0 Å². The highest BCUT2D eigenvalue weighted by Gasteiger charge is 2.27. The standard InChI is InChI=1S/C24H34N6O/c1-19(2)28-14-8-21(9-15-28)29-12-3-13-30(17-16-29)22-4-5-23(26-18-22)24(31)27-20-6-10-25-11-7-20/h4-7,10-11,18-19,21H,3,8-9,12-17H2,1-2H3,(H,25,27,31). The highest BCUT2D eigenvalue weighted by molar-refractivity contribution is 6.02. The number of piperidine rings is 1. The Morgan fingerprint density at radius 2 is 1.77 bits per heavy atom. The average Bonchev–Trinajstić information content (AvgIpc) is 3.06. The van der Waals surface area contributed by atoms with Crippen molar-refractivity contribution in [3.05, 3.63) is 48.5 Å². The van der Waals surface area contributed by atoms with Gasteiger partial charge in [0, 0.05) is 56.3 Å². The molecule has 31 heavy (non-hydrogen) atoms. The monoisotopic (exact) mass is 422 g/mol. The van der Waals surface area contributed by atoms with Crippen LogP contribution >= 0.6 is 0 Å². The van der Waals surface area contributed by atoms with Gasteiger partial charge in [0.2, 0.25) is 0 Å². The van der Waals surface area contributed by atoms with Crippen molar-refractivity contribution in [1.29, 1.82) is 0 Å². The molecule has 0 radical (unpaired) electrons. The van der Waals surface area contributed by atoms with Crippen molar-refractivity contribution in [2.24, 2.45) is 0 Å². The van der Waals surface area contributed by atoms with E-state index in [-0.39, 0.29) is 5.91 Å². The third kappa shape index (κ3) is 5.60. The first-order valence-electron chi connectivity index (χ1n) is 11.5. The molecule has 7 heteroatoms. The van der Waals surface area contributed by atoms with Gasteiger partial charge in [-0.1, -0.05) is 0 Å². The normalized spacial score (nSPS) is 19.4. The number of hydrogen-bond donors (Lipinski definition) is 1. The van der Waals surface area contributed by atoms with Gasteiger partial charge >= 0.3 is 0 Å². The van der Waals surface area contributed by atoms with Crippen molar-refractivity contribution < 1.29 is 4.79 Å². The fraction of sp³-hybridized carbons (Fsp3) is 0.542. The number of amides is 1. The summed E-state index contributed by atoms with van der Waals surface area (Å²) in [4.78, 5) is 28.5. The molecular formula is C24H34N6O. The summed E-state index contributed by atoms with van der Waals surface area (Å²) in [6.07, 6.45) is 8.86. The molecule has 1 amide bonds. The Balaban J connectivity index is 1.31. The lowest BCUT2D eigenvalue weighted by Crippen LogP contribution is -2.47. The van der Waals surface area contributed by atoms with E-state index in [0.29, 0.717) is 17.8 Å². The molecule has 2 fully saturated rings. The van der Waals surface area contributed by atoms with Crippen molar-refractivity contribution in [2.45, 2.75) is 45.2 Å². The molecule has 0 bridgehead atoms. The average molecular weight is 423 g/mol. The van der Waals surface area contributed by atoms with Gasteiger partial charge in [0.25, 0.3) is 5.91 Å². The van der Waals surface area contributed by atoms with E-state index in [4.69, 9.17) is 0 Å². The molecule has 0 spiro atoms. The van der Waals surface area contributed by atoms with Gasteiger partial charge in [-0.2, -0.15) is 0 Å². The Hall–Kier alpha value is -2.51. The van der Waals surface area contributed by atoms with Crippen LogP contribution in [0.4, 0.5) is 11.4 Å². The SMILES string of the molecule is CC(C)N1CCC(N2CCCN(c3ccc(C(=O)Nc4ccncc4)nc3)CC2)CC1. The molecule has 1 N–H and O–H groups in total. The van der Waals surface area contributed by atoms with Crippen LogP contribution in [0.15, 0.2) is 42.9 Å². The predicted octanol–water partition coefficient (Wildman–Crippen LogP) is 3.11. The maximum Gasteiger partial charge on any atom is 0.274 e. The van der Waals surface area contributed by atoms with Crippen LogP contribution < -0.4 is 10.2 Å². The fourth-order valence-corrected chi connectivity index (χ4v) is 4.67. The van der Waals surface area contributed by atoms with E-state index in [1.165, 1.54) is 32.5 Å². The predicted molar refractivity (Wildman–Crippen MR) is 125 cm³/mol. The lowest BCUT2D eigenvalue weighted by molar-refractivity contribution is 0.0965. The summed E-state index contributed by atoms with van der Waals surface area (Å²) in [6.45, 7) is 11.3. The molecule has 2 aromatic heterocycles. The Labute approximate surface area is 185 Å². The molecule has 0 unspecified atom stereocenters. The molecule has 0 saturated carbocycles. The zero-order chi connectivity index (χ0) is 21.6. The summed E-state index contributed by atoms with van der Waals surface area (Å²) < 4.78 is 0. The zero-order valence-corrected chi connectivity index (χ0v) is 18.7. The first-order chi connectivity index (χ1) is 15.1. The highest BCUT2D eigenvalue weighted by atomic mass is 16.1. The Bertz CT molecular complexity index is 833. The van der Waals surface area contributed by atoms with Crippen molar-refractivity contribution in [2.75, 3.05) is 49.5 Å². The largest absolute Gasteiger partial charge is 0.369 e. The number of aromatic nitrogens is 2. The first kappa shape index (κ1) is 21.7. The molecule has 0 atom stereocenters. The topological polar surface area (TPSA) is 64.6 Å². The first-order valence-corrected chi connectivity index (χ1v) is 11.5. The van der Waals surface area contributed by atoms with Crippen LogP contribution in [-0.4, -0.2) is 77.0 Å². The third-order valence-electron chi connectivity index (χ3n) is 6.56. The van der Waals surface area contributed by atoms with E-state index in [9.17, 15) is 4.79 Å². The number of pyridine rings is 2. The number of carbonyl (C=O) groups excluding carboxylic acids is 1. The quantitative estimate of drug-likeness (QED) is 0.799. The van der Waals surface area contributed by atoms with Gasteiger partial charge in [0.05, 0.1) is 11.9 Å². The summed E-state index contributed by atoms with van der Waals surface area (Å²) in [7, 11) is 0. The van der Waals surface area contributed by atoms with E-state index >= 15 is 0 Å². The number of nitrogens with zero attached hydrogens (tertiary/aromatic N) is 5. The van der Waals surface area contributed by atoms with Gasteiger partial charge in [-0.3, -0.25) is 14.7 Å². The molecule has 2 saturated heterocycles. The van der Waals surface area contributed by atoms with Crippen molar-refractivity contribution >= 4 is 17.3 Å². The number of likely N-dealkylation sites (tertiary alicyclic amines) is 1. The number of nitrogens with one attached hydrogen (secondary N) is 1. The second-order valence-corrected chi connectivity index (χ2v) is 8.83. The summed E-state index contributed by atoms with van der Waals surface area (Å²) in [5.41, 5.74) is 2.24. The Morgan fingerprint density at radius 3 is 2.45 bits per heavy atom. The summed E-state index contributed by atoms with van der Waals surface area (Å²) in [5.74, 6) is -0.201. The zero-order valence-electron chi connectivity index (χ0n) is 18.7. The van der Waals surface area contributed by atoms with Gasteiger partial charge in [0.15, 0.2) is 0 Å². The number of rotatable bonds is 5. The minimum absolute atomic E-state index is 0.201. The smallest absolute Gasteiger partial charge is 0.274 e. The van der Waals surface area contributed by atoms with Crippen molar-refractivity contribution in [3.8, 4) is 0 Å². The van der Waals surface area contributed by atoms with Crippen LogP contribution in [0.25, 0.3) is 0 Å². The molecule has 2 aliphatic heterocycles. The van der Waals surface area contributed by atoms with E-state index in [1.807, 2.05) is 18.3 Å². The van der Waals surface area contributed by atoms with Crippen molar-refractivity contribution in [3.63, 3.8) is 0 Å². The van der Waals surface area contributed by atoms with E-state index in [0.717, 1.165) is 37.4 Å². The molecule has 7 nitrogen and oxygen atoms in total. The molecule has 0 aromatic carbocycles. The lowest BCUT2D eigenvalue weighted by atomic mass is 10.0. The van der Waals surface area contributed by atoms with Gasteiger partial charge in [-0.05, 0) is 70.5 Å².